The number of thiophene rings is 2. The number of hydrogen-bond acceptors (Lipinski definition) is 4. The van der Waals surface area contributed by atoms with E-state index >= 15 is 0 Å². The van der Waals surface area contributed by atoms with Gasteiger partial charge in [0.05, 0.1) is 26.2 Å². The molecule has 0 radical (unpaired) electrons. The van der Waals surface area contributed by atoms with Gasteiger partial charge in [0, 0.05) is 53.7 Å². The molecule has 0 amide bonds. The summed E-state index contributed by atoms with van der Waals surface area (Å²) < 4.78 is 5.16. The van der Waals surface area contributed by atoms with Gasteiger partial charge in [-0.1, -0.05) is 218 Å². The minimum Gasteiger partial charge on any atom is -0.309 e. The van der Waals surface area contributed by atoms with Crippen LogP contribution < -0.4 is 9.80 Å². The SMILES string of the molecule is c1ccc(N(c2cccc(-c3ccc4c5c(ccc4c3)-c3ccc4cc(-c6cccc(N(c7ccccc7)c7cccc8c7sc7ccccc78)c6)ccc4c3C53c4ccccc4-c4ccccc43)c2)c2cccc3c2sc2ccccc23)cc1. The first-order valence-corrected chi connectivity index (χ1v) is 30.9. The van der Waals surface area contributed by atoms with Gasteiger partial charge in [-0.2, -0.15) is 0 Å². The van der Waals surface area contributed by atoms with Crippen molar-refractivity contribution < 1.29 is 0 Å². The van der Waals surface area contributed by atoms with Gasteiger partial charge in [0.2, 0.25) is 0 Å². The largest absolute Gasteiger partial charge is 0.309 e. The quantitative estimate of drug-likeness (QED) is 0.150. The van der Waals surface area contributed by atoms with Gasteiger partial charge in [0.15, 0.2) is 0 Å². The van der Waals surface area contributed by atoms with Crippen molar-refractivity contribution in [2.45, 2.75) is 5.41 Å². The van der Waals surface area contributed by atoms with Crippen LogP contribution in [0.5, 0.6) is 0 Å². The van der Waals surface area contributed by atoms with E-state index in [4.69, 9.17) is 0 Å². The normalized spacial score (nSPS) is 12.8. The summed E-state index contributed by atoms with van der Waals surface area (Å²) in [5.74, 6) is 0. The van der Waals surface area contributed by atoms with Crippen LogP contribution in [0.2, 0.25) is 0 Å². The lowest BCUT2D eigenvalue weighted by Gasteiger charge is -2.32. The minimum absolute atomic E-state index is 0.562. The molecule has 0 atom stereocenters. The maximum atomic E-state index is 2.43. The van der Waals surface area contributed by atoms with E-state index in [0.717, 1.165) is 22.7 Å². The fraction of sp³-hybridized carbons (Fsp3) is 0.0123. The third kappa shape index (κ3) is 7.17. The van der Waals surface area contributed by atoms with E-state index in [1.807, 2.05) is 22.7 Å². The molecule has 14 aromatic carbocycles. The van der Waals surface area contributed by atoms with Crippen LogP contribution in [0, 0.1) is 0 Å². The predicted octanol–water partition coefficient (Wildman–Crippen LogP) is 23.3. The lowest BCUT2D eigenvalue weighted by Crippen LogP contribution is -2.26. The highest BCUT2D eigenvalue weighted by atomic mass is 32.1. The Balaban J connectivity index is 0.778. The maximum absolute atomic E-state index is 2.43. The minimum atomic E-state index is -0.562. The Morgan fingerprint density at radius 2 is 0.635 bits per heavy atom. The summed E-state index contributed by atoms with van der Waals surface area (Å²) in [4.78, 5) is 4.87. The van der Waals surface area contributed by atoms with E-state index in [-0.39, 0.29) is 0 Å². The Labute approximate surface area is 500 Å². The zero-order valence-electron chi connectivity index (χ0n) is 46.1. The Morgan fingerprint density at radius 1 is 0.247 bits per heavy atom. The molecule has 396 valence electrons. The van der Waals surface area contributed by atoms with E-state index in [1.165, 1.54) is 140 Å². The van der Waals surface area contributed by atoms with E-state index in [9.17, 15) is 0 Å². The number of benzene rings is 14. The molecular formula is C81H50N2S2. The van der Waals surface area contributed by atoms with Gasteiger partial charge >= 0.3 is 0 Å². The van der Waals surface area contributed by atoms with Crippen LogP contribution in [-0.4, -0.2) is 0 Å². The van der Waals surface area contributed by atoms with Crippen molar-refractivity contribution in [2.24, 2.45) is 0 Å². The molecular weight excluding hydrogens is 1070 g/mol. The highest BCUT2D eigenvalue weighted by molar-refractivity contribution is 7.26. The number of anilines is 6. The van der Waals surface area contributed by atoms with E-state index in [0.29, 0.717) is 0 Å². The molecule has 0 saturated carbocycles. The van der Waals surface area contributed by atoms with Crippen LogP contribution in [0.25, 0.3) is 106 Å². The fourth-order valence-electron chi connectivity index (χ4n) is 14.6. The Kier molecular flexibility index (Phi) is 10.7. The summed E-state index contributed by atoms with van der Waals surface area (Å²) in [5.41, 5.74) is 21.6. The van der Waals surface area contributed by atoms with Crippen molar-refractivity contribution in [3.63, 3.8) is 0 Å². The van der Waals surface area contributed by atoms with Crippen molar-refractivity contribution in [1.29, 1.82) is 0 Å². The number of fused-ring (bicyclic) bond motifs is 20. The summed E-state index contributed by atoms with van der Waals surface area (Å²) in [6.07, 6.45) is 0. The summed E-state index contributed by atoms with van der Waals surface area (Å²) in [7, 11) is 0. The molecule has 0 bridgehead atoms. The Morgan fingerprint density at radius 3 is 1.12 bits per heavy atom. The number of para-hydroxylation sites is 2. The van der Waals surface area contributed by atoms with Crippen molar-refractivity contribution >= 4 is 119 Å². The molecule has 0 saturated heterocycles. The third-order valence-electron chi connectivity index (χ3n) is 18.2. The Hall–Kier alpha value is -10.4. The molecule has 85 heavy (non-hydrogen) atoms. The second-order valence-electron chi connectivity index (χ2n) is 22.6. The van der Waals surface area contributed by atoms with Gasteiger partial charge in [-0.3, -0.25) is 0 Å². The fourth-order valence-corrected chi connectivity index (χ4v) is 17.1. The van der Waals surface area contributed by atoms with Gasteiger partial charge in [-0.05, 0) is 173 Å². The molecule has 2 aliphatic rings. The molecule has 0 fully saturated rings. The van der Waals surface area contributed by atoms with Crippen molar-refractivity contribution in [3.8, 4) is 44.5 Å². The molecule has 0 N–H and O–H groups in total. The van der Waals surface area contributed by atoms with Gasteiger partial charge in [0.1, 0.15) is 0 Å². The molecule has 2 nitrogen and oxygen atoms in total. The average molecular weight is 1120 g/mol. The smallest absolute Gasteiger partial charge is 0.0737 e. The molecule has 2 aliphatic carbocycles. The van der Waals surface area contributed by atoms with Crippen LogP contribution in [0.1, 0.15) is 22.3 Å². The predicted molar refractivity (Wildman–Crippen MR) is 364 cm³/mol. The lowest BCUT2D eigenvalue weighted by molar-refractivity contribution is 0.809. The van der Waals surface area contributed by atoms with Crippen LogP contribution in [0.4, 0.5) is 34.1 Å². The van der Waals surface area contributed by atoms with Crippen molar-refractivity contribution in [2.75, 3.05) is 9.80 Å². The van der Waals surface area contributed by atoms with E-state index in [2.05, 4.69) is 313 Å². The second kappa shape index (κ2) is 18.8. The standard InChI is InChI=1S/C81H50N2S2/c1-3-21-57(22-4-1)82(73-35-17-31-69-65-29-9-13-37-75(65)84-79(69)73)59-25-15-19-51(49-59)53-39-43-61-55(47-53)41-45-67-68-46-42-56-48-54(40-44-62(56)78(68)81(77(61)67)71-33-11-7-27-63(71)64-28-8-12-34-72(64)81)52-20-16-26-60(50-52)83(58-23-5-2-6-24-58)74-36-18-32-70-66-30-10-14-38-76(66)85-80(70)74/h1-50H. The van der Waals surface area contributed by atoms with Crippen molar-refractivity contribution in [1.82, 2.24) is 0 Å². The molecule has 0 unspecified atom stereocenters. The first-order chi connectivity index (χ1) is 42.2. The van der Waals surface area contributed by atoms with Crippen LogP contribution >= 0.6 is 22.7 Å². The summed E-state index contributed by atoms with van der Waals surface area (Å²) in [5, 5.41) is 10.2. The maximum Gasteiger partial charge on any atom is 0.0737 e. The number of rotatable bonds is 8. The number of nitrogens with zero attached hydrogens (tertiary/aromatic N) is 2. The van der Waals surface area contributed by atoms with Gasteiger partial charge in [0.25, 0.3) is 0 Å². The highest BCUT2D eigenvalue weighted by Crippen LogP contribution is 2.65. The summed E-state index contributed by atoms with van der Waals surface area (Å²) >= 11 is 3.74. The summed E-state index contributed by atoms with van der Waals surface area (Å²) in [6.45, 7) is 0. The van der Waals surface area contributed by atoms with Crippen LogP contribution in [-0.2, 0) is 5.41 Å². The second-order valence-corrected chi connectivity index (χ2v) is 24.7. The lowest BCUT2D eigenvalue weighted by atomic mass is 9.68. The highest BCUT2D eigenvalue weighted by Gasteiger charge is 2.53. The third-order valence-corrected chi connectivity index (χ3v) is 20.6. The van der Waals surface area contributed by atoms with E-state index < -0.39 is 5.41 Å². The van der Waals surface area contributed by atoms with Gasteiger partial charge < -0.3 is 9.80 Å². The first kappa shape index (κ1) is 48.2. The summed E-state index contributed by atoms with van der Waals surface area (Å²) in [6, 6.07) is 113. The molecule has 2 heterocycles. The van der Waals surface area contributed by atoms with E-state index in [1.54, 1.807) is 0 Å². The number of hydrogen-bond donors (Lipinski definition) is 0. The molecule has 4 heteroatoms. The molecule has 2 aromatic heterocycles. The molecule has 0 aliphatic heterocycles. The molecule has 1 spiro atoms. The molecule has 18 rings (SSSR count). The average Bonchev–Trinajstić information content (AvgIpc) is 1.71. The van der Waals surface area contributed by atoms with Crippen LogP contribution in [0.15, 0.2) is 303 Å². The zero-order valence-corrected chi connectivity index (χ0v) is 47.7. The van der Waals surface area contributed by atoms with Crippen molar-refractivity contribution in [3.05, 3.63) is 326 Å². The van der Waals surface area contributed by atoms with Gasteiger partial charge in [-0.15, -0.1) is 22.7 Å². The Bertz CT molecular complexity index is 5060. The topological polar surface area (TPSA) is 6.48 Å². The van der Waals surface area contributed by atoms with Crippen LogP contribution in [0.3, 0.4) is 0 Å². The van der Waals surface area contributed by atoms with Gasteiger partial charge in [-0.25, -0.2) is 0 Å². The first-order valence-electron chi connectivity index (χ1n) is 29.2. The monoisotopic (exact) mass is 1110 g/mol. The molecule has 16 aromatic rings. The zero-order chi connectivity index (χ0) is 55.7.